The normalized spacial score (nSPS) is 11.1. The summed E-state index contributed by atoms with van der Waals surface area (Å²) in [7, 11) is 0. The molecule has 96 valence electrons. The van der Waals surface area contributed by atoms with E-state index in [0.29, 0.717) is 12.0 Å². The number of fused-ring (bicyclic) bond motifs is 1. The molecule has 19 heavy (non-hydrogen) atoms. The van der Waals surface area contributed by atoms with Crippen molar-refractivity contribution in [1.29, 1.82) is 0 Å². The molecule has 3 aromatic rings. The van der Waals surface area contributed by atoms with Crippen LogP contribution in [0.2, 0.25) is 0 Å². The molecule has 2 aromatic carbocycles. The first kappa shape index (κ1) is 11.8. The Balaban J connectivity index is 1.94. The Labute approximate surface area is 109 Å². The van der Waals surface area contributed by atoms with Crippen molar-refractivity contribution in [3.8, 4) is 0 Å². The summed E-state index contributed by atoms with van der Waals surface area (Å²) in [5.41, 5.74) is 3.67. The van der Waals surface area contributed by atoms with E-state index in [1.165, 1.54) is 6.07 Å². The molecule has 0 bridgehead atoms. The number of H-pyrrole nitrogens is 1. The van der Waals surface area contributed by atoms with Crippen molar-refractivity contribution in [2.24, 2.45) is 0 Å². The van der Waals surface area contributed by atoms with Gasteiger partial charge >= 0.3 is 0 Å². The van der Waals surface area contributed by atoms with Gasteiger partial charge in [0.2, 0.25) is 0 Å². The summed E-state index contributed by atoms with van der Waals surface area (Å²) in [5, 5.41) is 0. The predicted molar refractivity (Wildman–Crippen MR) is 70.0 cm³/mol. The van der Waals surface area contributed by atoms with Crippen LogP contribution in [0, 0.1) is 18.6 Å². The monoisotopic (exact) mass is 258 g/mol. The van der Waals surface area contributed by atoms with Crippen LogP contribution in [-0.4, -0.2) is 9.97 Å². The van der Waals surface area contributed by atoms with Gasteiger partial charge in [0.1, 0.15) is 5.82 Å². The molecule has 3 rings (SSSR count). The van der Waals surface area contributed by atoms with Gasteiger partial charge in [-0.1, -0.05) is 12.1 Å². The molecule has 0 spiro atoms. The van der Waals surface area contributed by atoms with E-state index in [1.54, 1.807) is 6.07 Å². The van der Waals surface area contributed by atoms with Crippen molar-refractivity contribution in [2.45, 2.75) is 13.3 Å². The average molecular weight is 258 g/mol. The first-order chi connectivity index (χ1) is 9.11. The minimum atomic E-state index is -0.830. The maximum atomic E-state index is 13.1. The molecule has 0 saturated heterocycles. The Morgan fingerprint density at radius 1 is 1.05 bits per heavy atom. The van der Waals surface area contributed by atoms with Gasteiger partial charge < -0.3 is 4.98 Å². The zero-order valence-electron chi connectivity index (χ0n) is 10.4. The quantitative estimate of drug-likeness (QED) is 0.745. The molecule has 0 aliphatic rings. The molecule has 0 fully saturated rings. The van der Waals surface area contributed by atoms with Gasteiger partial charge in [0.15, 0.2) is 11.6 Å². The average Bonchev–Trinajstić information content (AvgIpc) is 2.75. The highest BCUT2D eigenvalue weighted by molar-refractivity contribution is 5.75. The smallest absolute Gasteiger partial charge is 0.159 e. The van der Waals surface area contributed by atoms with Crippen LogP contribution in [0.4, 0.5) is 8.78 Å². The maximum Gasteiger partial charge on any atom is 0.159 e. The van der Waals surface area contributed by atoms with Crippen molar-refractivity contribution in [3.63, 3.8) is 0 Å². The number of nitrogens with zero attached hydrogens (tertiary/aromatic N) is 1. The van der Waals surface area contributed by atoms with Gasteiger partial charge in [0.25, 0.3) is 0 Å². The number of imidazole rings is 1. The van der Waals surface area contributed by atoms with Crippen LogP contribution < -0.4 is 0 Å². The second-order valence-corrected chi connectivity index (χ2v) is 4.63. The van der Waals surface area contributed by atoms with Crippen LogP contribution in [-0.2, 0) is 6.42 Å². The number of hydrogen-bond acceptors (Lipinski definition) is 1. The van der Waals surface area contributed by atoms with Crippen LogP contribution in [0.15, 0.2) is 36.4 Å². The molecular weight excluding hydrogens is 246 g/mol. The number of halogens is 2. The van der Waals surface area contributed by atoms with Crippen LogP contribution in [0.3, 0.4) is 0 Å². The second kappa shape index (κ2) is 4.46. The third kappa shape index (κ3) is 2.34. The first-order valence-electron chi connectivity index (χ1n) is 6.01. The summed E-state index contributed by atoms with van der Waals surface area (Å²) in [6.45, 7) is 2.01. The van der Waals surface area contributed by atoms with Crippen LogP contribution in [0.5, 0.6) is 0 Å². The molecule has 0 amide bonds. The lowest BCUT2D eigenvalue weighted by molar-refractivity contribution is 0.507. The second-order valence-electron chi connectivity index (χ2n) is 4.63. The summed E-state index contributed by atoms with van der Waals surface area (Å²) < 4.78 is 26.0. The topological polar surface area (TPSA) is 28.7 Å². The fourth-order valence-corrected chi connectivity index (χ4v) is 2.10. The van der Waals surface area contributed by atoms with E-state index < -0.39 is 11.6 Å². The first-order valence-corrected chi connectivity index (χ1v) is 6.01. The van der Waals surface area contributed by atoms with Crippen molar-refractivity contribution < 1.29 is 8.78 Å². The largest absolute Gasteiger partial charge is 0.342 e. The Bertz CT molecular complexity index is 747. The van der Waals surface area contributed by atoms with Crippen molar-refractivity contribution in [3.05, 3.63) is 65.0 Å². The molecule has 0 radical (unpaired) electrons. The zero-order valence-corrected chi connectivity index (χ0v) is 10.4. The van der Waals surface area contributed by atoms with Gasteiger partial charge in [-0.25, -0.2) is 13.8 Å². The van der Waals surface area contributed by atoms with E-state index in [4.69, 9.17) is 0 Å². The van der Waals surface area contributed by atoms with Gasteiger partial charge in [-0.2, -0.15) is 0 Å². The van der Waals surface area contributed by atoms with Gasteiger partial charge in [0, 0.05) is 6.42 Å². The summed E-state index contributed by atoms with van der Waals surface area (Å²) in [6.07, 6.45) is 0.449. The van der Waals surface area contributed by atoms with E-state index >= 15 is 0 Å². The number of benzene rings is 2. The number of aromatic amines is 1. The molecule has 1 heterocycles. The Hall–Kier alpha value is -2.23. The summed E-state index contributed by atoms with van der Waals surface area (Å²) in [4.78, 5) is 7.62. The van der Waals surface area contributed by atoms with Gasteiger partial charge in [-0.3, -0.25) is 0 Å². The third-order valence-corrected chi connectivity index (χ3v) is 3.04. The van der Waals surface area contributed by atoms with Crippen LogP contribution in [0.25, 0.3) is 11.0 Å². The molecule has 2 nitrogen and oxygen atoms in total. The Kier molecular flexibility index (Phi) is 2.78. The summed E-state index contributed by atoms with van der Waals surface area (Å²) >= 11 is 0. The van der Waals surface area contributed by atoms with Crippen LogP contribution >= 0.6 is 0 Å². The third-order valence-electron chi connectivity index (χ3n) is 3.04. The zero-order chi connectivity index (χ0) is 13.4. The maximum absolute atomic E-state index is 13.1. The molecule has 4 heteroatoms. The molecule has 0 aliphatic carbocycles. The van der Waals surface area contributed by atoms with E-state index in [1.807, 2.05) is 25.1 Å². The number of nitrogens with one attached hydrogen (secondary N) is 1. The fourth-order valence-electron chi connectivity index (χ4n) is 2.10. The minimum Gasteiger partial charge on any atom is -0.342 e. The molecule has 1 aromatic heterocycles. The summed E-state index contributed by atoms with van der Waals surface area (Å²) in [6, 6.07) is 9.85. The summed E-state index contributed by atoms with van der Waals surface area (Å²) in [5.74, 6) is -0.917. The van der Waals surface area contributed by atoms with Crippen molar-refractivity contribution in [1.82, 2.24) is 9.97 Å². The molecular formula is C15H12F2N2. The molecule has 1 N–H and O–H groups in total. The highest BCUT2D eigenvalue weighted by Crippen LogP contribution is 2.16. The van der Waals surface area contributed by atoms with Crippen LogP contribution in [0.1, 0.15) is 17.0 Å². The molecule has 0 saturated carbocycles. The minimum absolute atomic E-state index is 0.449. The van der Waals surface area contributed by atoms with Crippen molar-refractivity contribution in [2.75, 3.05) is 0 Å². The molecule has 0 aliphatic heterocycles. The predicted octanol–water partition coefficient (Wildman–Crippen LogP) is 3.74. The van der Waals surface area contributed by atoms with E-state index in [-0.39, 0.29) is 0 Å². The lowest BCUT2D eigenvalue weighted by Crippen LogP contribution is -1.93. The Morgan fingerprint density at radius 2 is 1.89 bits per heavy atom. The van der Waals surface area contributed by atoms with E-state index in [9.17, 15) is 8.78 Å². The molecule has 0 atom stereocenters. The number of rotatable bonds is 2. The standard InChI is InChI=1S/C15H12F2N2/c1-9-2-5-13-14(6-9)19-15(18-13)8-10-3-4-11(16)12(17)7-10/h2-7H,8H2,1H3,(H,18,19). The number of aryl methyl sites for hydroxylation is 1. The fraction of sp³-hybridized carbons (Fsp3) is 0.133. The Morgan fingerprint density at radius 3 is 2.68 bits per heavy atom. The van der Waals surface area contributed by atoms with Gasteiger partial charge in [-0.15, -0.1) is 0 Å². The van der Waals surface area contributed by atoms with Crippen molar-refractivity contribution >= 4 is 11.0 Å². The van der Waals surface area contributed by atoms with Gasteiger partial charge in [0.05, 0.1) is 11.0 Å². The molecule has 0 unspecified atom stereocenters. The lowest BCUT2D eigenvalue weighted by atomic mass is 10.1. The SMILES string of the molecule is Cc1ccc2nc(Cc3ccc(F)c(F)c3)[nH]c2c1. The highest BCUT2D eigenvalue weighted by atomic mass is 19.2. The van der Waals surface area contributed by atoms with E-state index in [2.05, 4.69) is 9.97 Å². The number of hydrogen-bond donors (Lipinski definition) is 1. The van der Waals surface area contributed by atoms with Gasteiger partial charge in [-0.05, 0) is 42.3 Å². The lowest BCUT2D eigenvalue weighted by Gasteiger charge is -1.99. The number of aromatic nitrogens is 2. The highest BCUT2D eigenvalue weighted by Gasteiger charge is 2.07. The van der Waals surface area contributed by atoms with E-state index in [0.717, 1.165) is 28.5 Å².